The average Bonchev–Trinajstić information content (AvgIpc) is 2.10. The molecule has 2 unspecified atom stereocenters. The highest BCUT2D eigenvalue weighted by Gasteiger charge is 2.25. The van der Waals surface area contributed by atoms with Gasteiger partial charge in [-0.25, -0.2) is 13.6 Å². The molecule has 0 bridgehead atoms. The second-order valence-electron chi connectivity index (χ2n) is 3.12. The molecule has 0 aromatic rings. The highest BCUT2D eigenvalue weighted by atomic mass is 19.1. The van der Waals surface area contributed by atoms with E-state index in [9.17, 15) is 13.6 Å². The van der Waals surface area contributed by atoms with Crippen LogP contribution in [0.3, 0.4) is 0 Å². The number of hydrogen-bond donors (Lipinski definition) is 0. The van der Waals surface area contributed by atoms with E-state index in [0.29, 0.717) is 6.61 Å². The van der Waals surface area contributed by atoms with Gasteiger partial charge in [-0.3, -0.25) is 0 Å². The minimum atomic E-state index is -1.72. The lowest BCUT2D eigenvalue weighted by Crippen LogP contribution is -2.31. The van der Waals surface area contributed by atoms with Gasteiger partial charge in [0.15, 0.2) is 0 Å². The fraction of sp³-hybridized carbons (Fsp3) is 0.667. The maximum Gasteiger partial charge on any atom is 0.338 e. The smallest absolute Gasteiger partial charge is 0.338 e. The molecule has 0 saturated carbocycles. The molecule has 80 valence electrons. The molecular formula is C9H12F2O3. The van der Waals surface area contributed by atoms with Crippen molar-refractivity contribution in [2.75, 3.05) is 6.61 Å². The molecule has 0 amide bonds. The fourth-order valence-electron chi connectivity index (χ4n) is 0.979. The highest BCUT2D eigenvalue weighted by molar-refractivity contribution is 5.87. The van der Waals surface area contributed by atoms with Gasteiger partial charge in [0, 0.05) is 13.0 Å². The number of esters is 1. The predicted octanol–water partition coefficient (Wildman–Crippen LogP) is 1.88. The molecule has 0 aromatic carbocycles. The summed E-state index contributed by atoms with van der Waals surface area (Å²) in [5.41, 5.74) is -0.248. The molecule has 14 heavy (non-hydrogen) atoms. The summed E-state index contributed by atoms with van der Waals surface area (Å²) in [6, 6.07) is 0. The van der Waals surface area contributed by atoms with Crippen molar-refractivity contribution in [2.45, 2.75) is 32.2 Å². The molecular weight excluding hydrogens is 194 g/mol. The largest absolute Gasteiger partial charge is 0.428 e. The summed E-state index contributed by atoms with van der Waals surface area (Å²) in [5.74, 6) is -0.973. The van der Waals surface area contributed by atoms with E-state index in [-0.39, 0.29) is 24.4 Å². The highest BCUT2D eigenvalue weighted by Crippen LogP contribution is 2.19. The van der Waals surface area contributed by atoms with E-state index in [1.165, 1.54) is 6.92 Å². The van der Waals surface area contributed by atoms with Crippen LogP contribution in [0.15, 0.2) is 11.9 Å². The van der Waals surface area contributed by atoms with E-state index in [4.69, 9.17) is 4.74 Å². The van der Waals surface area contributed by atoms with E-state index >= 15 is 0 Å². The first-order valence-corrected chi connectivity index (χ1v) is 4.37. The van der Waals surface area contributed by atoms with Crippen LogP contribution in [-0.4, -0.2) is 25.0 Å². The fourth-order valence-corrected chi connectivity index (χ4v) is 0.979. The van der Waals surface area contributed by atoms with Crippen LogP contribution < -0.4 is 0 Å². The van der Waals surface area contributed by atoms with Crippen molar-refractivity contribution < 1.29 is 23.0 Å². The maximum absolute atomic E-state index is 12.9. The Morgan fingerprint density at radius 2 is 2.43 bits per heavy atom. The predicted molar refractivity (Wildman–Crippen MR) is 44.8 cm³/mol. The number of halogens is 2. The van der Waals surface area contributed by atoms with Crippen molar-refractivity contribution in [3.8, 4) is 0 Å². The number of alkyl halides is 1. The molecule has 3 nitrogen and oxygen atoms in total. The van der Waals surface area contributed by atoms with Crippen LogP contribution in [0.25, 0.3) is 0 Å². The van der Waals surface area contributed by atoms with Crippen LogP contribution in [0.1, 0.15) is 19.8 Å². The van der Waals surface area contributed by atoms with Gasteiger partial charge in [0.25, 0.3) is 0 Å². The molecule has 1 aliphatic rings. The lowest BCUT2D eigenvalue weighted by Gasteiger charge is -2.27. The average molecular weight is 206 g/mol. The van der Waals surface area contributed by atoms with Gasteiger partial charge in [0.1, 0.15) is 0 Å². The Morgan fingerprint density at radius 3 is 2.86 bits per heavy atom. The minimum Gasteiger partial charge on any atom is -0.428 e. The second-order valence-corrected chi connectivity index (χ2v) is 3.12. The zero-order chi connectivity index (χ0) is 10.6. The summed E-state index contributed by atoms with van der Waals surface area (Å²) in [4.78, 5) is 10.9. The Labute approximate surface area is 80.7 Å². The van der Waals surface area contributed by atoms with Gasteiger partial charge in [-0.2, -0.15) is 0 Å². The Bertz CT molecular complexity index is 236. The van der Waals surface area contributed by atoms with E-state index in [1.54, 1.807) is 0 Å². The summed E-state index contributed by atoms with van der Waals surface area (Å²) in [6.07, 6.45) is -1.01. The zero-order valence-corrected chi connectivity index (χ0v) is 7.83. The molecule has 1 aliphatic heterocycles. The van der Waals surface area contributed by atoms with Crippen molar-refractivity contribution in [1.29, 1.82) is 0 Å². The van der Waals surface area contributed by atoms with Gasteiger partial charge in [-0.15, -0.1) is 0 Å². The first-order chi connectivity index (χ1) is 6.63. The third-order valence-corrected chi connectivity index (χ3v) is 1.96. The minimum absolute atomic E-state index is 0.0192. The summed E-state index contributed by atoms with van der Waals surface area (Å²) in [6.45, 7) is 1.84. The van der Waals surface area contributed by atoms with E-state index in [1.807, 2.05) is 0 Å². The SMILES string of the molecule is CC(=CF)C(=O)OC(F)CC1CCO1. The van der Waals surface area contributed by atoms with Gasteiger partial charge in [0.2, 0.25) is 6.36 Å². The number of carbonyl (C=O) groups excluding carboxylic acids is 1. The molecule has 2 atom stereocenters. The molecule has 0 N–H and O–H groups in total. The lowest BCUT2D eigenvalue weighted by atomic mass is 10.1. The molecule has 0 aromatic heterocycles. The van der Waals surface area contributed by atoms with Gasteiger partial charge in [0.05, 0.1) is 18.0 Å². The molecule has 0 spiro atoms. The number of hydrogen-bond acceptors (Lipinski definition) is 3. The van der Waals surface area contributed by atoms with Crippen LogP contribution in [0.5, 0.6) is 0 Å². The normalized spacial score (nSPS) is 23.9. The quantitative estimate of drug-likeness (QED) is 0.520. The topological polar surface area (TPSA) is 35.5 Å². The lowest BCUT2D eigenvalue weighted by molar-refractivity contribution is -0.161. The molecule has 1 saturated heterocycles. The Kier molecular flexibility index (Phi) is 4.00. The van der Waals surface area contributed by atoms with E-state index in [0.717, 1.165) is 6.42 Å². The molecule has 1 rings (SSSR count). The van der Waals surface area contributed by atoms with Crippen LogP contribution in [0, 0.1) is 0 Å². The Morgan fingerprint density at radius 1 is 1.79 bits per heavy atom. The van der Waals surface area contributed by atoms with Crippen molar-refractivity contribution >= 4 is 5.97 Å². The molecule has 0 radical (unpaired) electrons. The van der Waals surface area contributed by atoms with Gasteiger partial charge in [-0.05, 0) is 13.3 Å². The third kappa shape index (κ3) is 3.06. The van der Waals surface area contributed by atoms with E-state index in [2.05, 4.69) is 4.74 Å². The molecule has 1 fully saturated rings. The van der Waals surface area contributed by atoms with Crippen LogP contribution >= 0.6 is 0 Å². The number of carbonyl (C=O) groups is 1. The summed E-state index contributed by atoms with van der Waals surface area (Å²) >= 11 is 0. The molecule has 5 heteroatoms. The van der Waals surface area contributed by atoms with E-state index < -0.39 is 12.3 Å². The number of rotatable bonds is 4. The third-order valence-electron chi connectivity index (χ3n) is 1.96. The molecule has 0 aliphatic carbocycles. The molecule has 1 heterocycles. The van der Waals surface area contributed by atoms with Crippen molar-refractivity contribution in [2.24, 2.45) is 0 Å². The van der Waals surface area contributed by atoms with Crippen molar-refractivity contribution in [1.82, 2.24) is 0 Å². The Hall–Kier alpha value is -0.970. The van der Waals surface area contributed by atoms with Crippen LogP contribution in [0.2, 0.25) is 0 Å². The second kappa shape index (κ2) is 5.05. The van der Waals surface area contributed by atoms with Gasteiger partial charge < -0.3 is 9.47 Å². The zero-order valence-electron chi connectivity index (χ0n) is 7.83. The monoisotopic (exact) mass is 206 g/mol. The van der Waals surface area contributed by atoms with Gasteiger partial charge in [-0.1, -0.05) is 0 Å². The standard InChI is InChI=1S/C9H12F2O3/c1-6(5-10)9(12)14-8(11)4-7-2-3-13-7/h5,7-8H,2-4H2,1H3. The maximum atomic E-state index is 12.9. The van der Waals surface area contributed by atoms with Crippen molar-refractivity contribution in [3.05, 3.63) is 11.9 Å². The first-order valence-electron chi connectivity index (χ1n) is 4.37. The number of ether oxygens (including phenoxy) is 2. The van der Waals surface area contributed by atoms with Crippen LogP contribution in [0.4, 0.5) is 8.78 Å². The summed E-state index contributed by atoms with van der Waals surface area (Å²) < 4.78 is 34.0. The van der Waals surface area contributed by atoms with Gasteiger partial charge >= 0.3 is 5.97 Å². The van der Waals surface area contributed by atoms with Crippen molar-refractivity contribution in [3.63, 3.8) is 0 Å². The van der Waals surface area contributed by atoms with Crippen LogP contribution in [-0.2, 0) is 14.3 Å². The summed E-state index contributed by atoms with van der Waals surface area (Å²) in [5, 5.41) is 0. The first kappa shape index (κ1) is 11.1. The summed E-state index contributed by atoms with van der Waals surface area (Å²) in [7, 11) is 0. The Balaban J connectivity index is 2.24.